The van der Waals surface area contributed by atoms with Gasteiger partial charge in [0.1, 0.15) is 12.4 Å². The summed E-state index contributed by atoms with van der Waals surface area (Å²) in [6.45, 7) is 2.91. The minimum atomic E-state index is -1.75. The Kier molecular flexibility index (Phi) is 5.45. The van der Waals surface area contributed by atoms with Crippen molar-refractivity contribution in [3.05, 3.63) is 34.0 Å². The van der Waals surface area contributed by atoms with Crippen LogP contribution in [0.3, 0.4) is 0 Å². The van der Waals surface area contributed by atoms with Gasteiger partial charge in [-0.3, -0.25) is 0 Å². The molecular formula is C7H11N3O5. The highest BCUT2D eigenvalue weighted by Gasteiger charge is 2.05. The molecule has 0 spiro atoms. The van der Waals surface area contributed by atoms with Crippen LogP contribution in [-0.4, -0.2) is 20.7 Å². The summed E-state index contributed by atoms with van der Waals surface area (Å²) in [5.41, 5.74) is 0. The SMILES string of the molecule is CCn1cc[n+](CC(=O)O)c1.O=[N+]([O-])[O-]. The second-order valence-corrected chi connectivity index (χ2v) is 2.53. The Balaban J connectivity index is 0.000000423. The summed E-state index contributed by atoms with van der Waals surface area (Å²) in [7, 11) is 0. The Bertz CT molecular complexity index is 331. The van der Waals surface area contributed by atoms with E-state index in [-0.39, 0.29) is 6.54 Å². The van der Waals surface area contributed by atoms with Gasteiger partial charge >= 0.3 is 5.97 Å². The number of carboxylic acids is 1. The third-order valence-electron chi connectivity index (χ3n) is 1.43. The molecule has 1 aromatic rings. The minimum absolute atomic E-state index is 0.0347. The molecule has 0 radical (unpaired) electrons. The van der Waals surface area contributed by atoms with Crippen LogP contribution in [-0.2, 0) is 17.9 Å². The normalized spacial score (nSPS) is 8.87. The molecule has 0 aliphatic carbocycles. The van der Waals surface area contributed by atoms with Gasteiger partial charge in [-0.05, 0) is 6.92 Å². The van der Waals surface area contributed by atoms with E-state index in [9.17, 15) is 4.79 Å². The molecule has 0 saturated heterocycles. The smallest absolute Gasteiger partial charge is 0.346 e. The fourth-order valence-electron chi connectivity index (χ4n) is 0.876. The van der Waals surface area contributed by atoms with E-state index in [1.54, 1.807) is 17.1 Å². The van der Waals surface area contributed by atoms with Gasteiger partial charge in [-0.15, -0.1) is 0 Å². The molecule has 0 aromatic carbocycles. The lowest BCUT2D eigenvalue weighted by Gasteiger charge is -1.87. The van der Waals surface area contributed by atoms with E-state index in [1.165, 1.54) is 0 Å². The van der Waals surface area contributed by atoms with Gasteiger partial charge in [-0.1, -0.05) is 0 Å². The van der Waals surface area contributed by atoms with Crippen molar-refractivity contribution in [1.29, 1.82) is 0 Å². The van der Waals surface area contributed by atoms with E-state index >= 15 is 0 Å². The Morgan fingerprint density at radius 3 is 2.47 bits per heavy atom. The van der Waals surface area contributed by atoms with E-state index in [2.05, 4.69) is 0 Å². The first-order valence-electron chi connectivity index (χ1n) is 4.03. The average Bonchev–Trinajstić information content (AvgIpc) is 2.50. The Hall–Kier alpha value is -2.12. The number of carbonyl (C=O) groups is 1. The number of hydrogen-bond donors (Lipinski definition) is 1. The van der Waals surface area contributed by atoms with E-state index in [4.69, 9.17) is 20.4 Å². The summed E-state index contributed by atoms with van der Waals surface area (Å²) in [5, 5.41) is 23.2. The minimum Gasteiger partial charge on any atom is -0.478 e. The van der Waals surface area contributed by atoms with Crippen molar-refractivity contribution in [3.63, 3.8) is 0 Å². The number of hydrogen-bond acceptors (Lipinski definition) is 4. The molecule has 15 heavy (non-hydrogen) atoms. The summed E-state index contributed by atoms with van der Waals surface area (Å²) in [4.78, 5) is 18.5. The zero-order chi connectivity index (χ0) is 11.8. The van der Waals surface area contributed by atoms with E-state index < -0.39 is 11.1 Å². The molecule has 0 aliphatic heterocycles. The largest absolute Gasteiger partial charge is 0.478 e. The Labute approximate surface area is 85.1 Å². The predicted molar refractivity (Wildman–Crippen MR) is 48.3 cm³/mol. The summed E-state index contributed by atoms with van der Waals surface area (Å²) in [6, 6.07) is 0. The molecule has 0 aliphatic rings. The fourth-order valence-corrected chi connectivity index (χ4v) is 0.876. The summed E-state index contributed by atoms with van der Waals surface area (Å²) < 4.78 is 3.55. The number of carboxylic acid groups (broad SMARTS) is 1. The number of aliphatic carboxylic acids is 1. The molecular weight excluding hydrogens is 206 g/mol. The zero-order valence-corrected chi connectivity index (χ0v) is 8.07. The number of aromatic nitrogens is 2. The molecule has 0 amide bonds. The number of imidazole rings is 1. The third-order valence-corrected chi connectivity index (χ3v) is 1.43. The first-order valence-corrected chi connectivity index (χ1v) is 4.03. The number of aryl methyl sites for hydroxylation is 1. The number of nitrogens with zero attached hydrogens (tertiary/aromatic N) is 3. The molecule has 1 N–H and O–H groups in total. The maximum absolute atomic E-state index is 10.2. The van der Waals surface area contributed by atoms with Crippen molar-refractivity contribution in [1.82, 2.24) is 4.57 Å². The van der Waals surface area contributed by atoms with Gasteiger partial charge in [0, 0.05) is 0 Å². The van der Waals surface area contributed by atoms with Crippen LogP contribution in [0, 0.1) is 15.3 Å². The van der Waals surface area contributed by atoms with Crippen molar-refractivity contribution in [2.24, 2.45) is 0 Å². The number of rotatable bonds is 3. The van der Waals surface area contributed by atoms with Crippen molar-refractivity contribution in [2.45, 2.75) is 20.0 Å². The molecule has 0 bridgehead atoms. The quantitative estimate of drug-likeness (QED) is 0.422. The highest BCUT2D eigenvalue weighted by atomic mass is 16.9. The van der Waals surface area contributed by atoms with Gasteiger partial charge in [0.2, 0.25) is 6.33 Å². The van der Waals surface area contributed by atoms with Crippen LogP contribution in [0.4, 0.5) is 0 Å². The highest BCUT2D eigenvalue weighted by Crippen LogP contribution is 1.82. The zero-order valence-electron chi connectivity index (χ0n) is 8.07. The summed E-state index contributed by atoms with van der Waals surface area (Å²) in [5.74, 6) is -0.816. The van der Waals surface area contributed by atoms with Crippen molar-refractivity contribution < 1.29 is 19.6 Å². The van der Waals surface area contributed by atoms with Gasteiger partial charge in [0.05, 0.1) is 11.6 Å². The van der Waals surface area contributed by atoms with Crippen LogP contribution in [0.2, 0.25) is 0 Å². The van der Waals surface area contributed by atoms with Gasteiger partial charge < -0.3 is 20.4 Å². The van der Waals surface area contributed by atoms with Gasteiger partial charge in [-0.2, -0.15) is 0 Å². The Morgan fingerprint density at radius 1 is 1.60 bits per heavy atom. The Morgan fingerprint density at radius 2 is 2.13 bits per heavy atom. The van der Waals surface area contributed by atoms with Crippen LogP contribution < -0.4 is 4.57 Å². The molecule has 0 saturated carbocycles. The standard InChI is InChI=1S/C7H10N2O2.NO3/c1-2-8-3-4-9(6-8)5-7(10)11;2-1(3)4/h3-4,6H,2,5H2,1H3;/q;-1/p+1. The molecule has 8 nitrogen and oxygen atoms in total. The molecule has 0 atom stereocenters. The van der Waals surface area contributed by atoms with Crippen molar-refractivity contribution in [3.8, 4) is 0 Å². The van der Waals surface area contributed by atoms with E-state index in [0.717, 1.165) is 6.54 Å². The van der Waals surface area contributed by atoms with Crippen LogP contribution in [0.15, 0.2) is 18.7 Å². The molecule has 84 valence electrons. The third kappa shape index (κ3) is 6.99. The lowest BCUT2D eigenvalue weighted by atomic mass is 10.6. The second kappa shape index (κ2) is 6.35. The first-order chi connectivity index (χ1) is 6.95. The van der Waals surface area contributed by atoms with E-state index in [1.807, 2.05) is 17.7 Å². The van der Waals surface area contributed by atoms with Crippen molar-refractivity contribution >= 4 is 5.97 Å². The van der Waals surface area contributed by atoms with Crippen LogP contribution in [0.25, 0.3) is 0 Å². The predicted octanol–water partition coefficient (Wildman–Crippen LogP) is -0.359. The first kappa shape index (κ1) is 12.9. The van der Waals surface area contributed by atoms with Crippen LogP contribution >= 0.6 is 0 Å². The van der Waals surface area contributed by atoms with Crippen molar-refractivity contribution in [2.75, 3.05) is 0 Å². The molecule has 1 aromatic heterocycles. The van der Waals surface area contributed by atoms with Gasteiger partial charge in [-0.25, -0.2) is 13.9 Å². The topological polar surface area (TPSA) is 112 Å². The second-order valence-electron chi connectivity index (χ2n) is 2.53. The molecule has 1 heterocycles. The monoisotopic (exact) mass is 217 g/mol. The van der Waals surface area contributed by atoms with Gasteiger partial charge in [0.15, 0.2) is 6.54 Å². The molecule has 0 fully saturated rings. The molecule has 1 rings (SSSR count). The summed E-state index contributed by atoms with van der Waals surface area (Å²) >= 11 is 0. The maximum Gasteiger partial charge on any atom is 0.346 e. The maximum atomic E-state index is 10.2. The summed E-state index contributed by atoms with van der Waals surface area (Å²) in [6.07, 6.45) is 5.37. The molecule has 8 heteroatoms. The lowest BCUT2D eigenvalue weighted by Crippen LogP contribution is -2.35. The van der Waals surface area contributed by atoms with Crippen LogP contribution in [0.5, 0.6) is 0 Å². The highest BCUT2D eigenvalue weighted by molar-refractivity contribution is 5.64. The lowest BCUT2D eigenvalue weighted by molar-refractivity contribution is -0.685. The van der Waals surface area contributed by atoms with Gasteiger partial charge in [0.25, 0.3) is 0 Å². The van der Waals surface area contributed by atoms with Crippen LogP contribution in [0.1, 0.15) is 6.92 Å². The molecule has 0 unspecified atom stereocenters. The van der Waals surface area contributed by atoms with E-state index in [0.29, 0.717) is 0 Å². The average molecular weight is 217 g/mol. The fraction of sp³-hybridized carbons (Fsp3) is 0.429.